The molecule has 2 saturated heterocycles. The van der Waals surface area contributed by atoms with Gasteiger partial charge in [0.1, 0.15) is 23.2 Å². The molecule has 12 heteroatoms. The highest BCUT2D eigenvalue weighted by molar-refractivity contribution is 6.28. The van der Waals surface area contributed by atoms with Gasteiger partial charge in [-0.25, -0.2) is 22.6 Å². The van der Waals surface area contributed by atoms with Crippen molar-refractivity contribution >= 4 is 28.9 Å². The third kappa shape index (κ3) is 5.00. The van der Waals surface area contributed by atoms with E-state index in [1.54, 1.807) is 0 Å². The first-order valence-corrected chi connectivity index (χ1v) is 13.7. The number of hydrazone groups is 1. The van der Waals surface area contributed by atoms with E-state index in [1.165, 1.54) is 25.1 Å². The van der Waals surface area contributed by atoms with Crippen molar-refractivity contribution in [3.8, 4) is 0 Å². The molecule has 0 saturated carbocycles. The number of halogens is 5. The molecule has 41 heavy (non-hydrogen) atoms. The lowest BCUT2D eigenvalue weighted by atomic mass is 9.78. The molecule has 2 aromatic carbocycles. The van der Waals surface area contributed by atoms with Crippen molar-refractivity contribution in [1.82, 2.24) is 10.2 Å². The molecule has 3 aliphatic heterocycles. The topological polar surface area (TPSA) is 70.3 Å². The normalized spacial score (nSPS) is 26.2. The summed E-state index contributed by atoms with van der Waals surface area (Å²) in [7, 11) is 0. The Kier molecular flexibility index (Phi) is 7.29. The third-order valence-corrected chi connectivity index (χ3v) is 8.32. The zero-order valence-corrected chi connectivity index (χ0v) is 22.8. The van der Waals surface area contributed by atoms with Gasteiger partial charge in [-0.15, -0.1) is 0 Å². The molecule has 0 spiro atoms. The number of nitrogens with zero attached hydrogens (tertiary/aromatic N) is 3. The molecule has 3 aromatic rings. The predicted molar refractivity (Wildman–Crippen MR) is 144 cm³/mol. The molecule has 7 nitrogen and oxygen atoms in total. The zero-order chi connectivity index (χ0) is 28.9. The first kappa shape index (κ1) is 27.7. The van der Waals surface area contributed by atoms with Crippen molar-refractivity contribution in [3.05, 3.63) is 88.3 Å². The van der Waals surface area contributed by atoms with Crippen molar-refractivity contribution in [1.29, 1.82) is 0 Å². The van der Waals surface area contributed by atoms with E-state index in [4.69, 9.17) is 20.8 Å². The molecule has 3 unspecified atom stereocenters. The van der Waals surface area contributed by atoms with E-state index in [-0.39, 0.29) is 40.6 Å². The summed E-state index contributed by atoms with van der Waals surface area (Å²) in [6, 6.07) is 9.12. The molecular weight excluding hydrogens is 564 g/mol. The van der Waals surface area contributed by atoms with Crippen LogP contribution in [0.25, 0.3) is 0 Å². The molecule has 6 rings (SSSR count). The van der Waals surface area contributed by atoms with E-state index in [0.29, 0.717) is 31.3 Å². The van der Waals surface area contributed by atoms with Crippen LogP contribution in [-0.4, -0.2) is 60.4 Å². The standard InChI is InChI=1S/C29H27ClF4N4O3/c1-29(28(39)35-13-19-14-37-10-2-3-18(37)15-40-19)26(24-8-9-25(30)41-24)27(20-6-4-16(31)11-21(20)33)36-38(29)23-7-5-17(32)12-22(23)34/h4-9,11-12,18-19,26H,2-3,10,13-15H2,1H3,(H,35,39)/t18-,19?,26?,29?/m1/s1. The lowest BCUT2D eigenvalue weighted by Crippen LogP contribution is -2.59. The summed E-state index contributed by atoms with van der Waals surface area (Å²) in [5, 5.41) is 8.52. The Balaban J connectivity index is 1.42. The predicted octanol–water partition coefficient (Wildman–Crippen LogP) is 5.24. The minimum Gasteiger partial charge on any atom is -0.449 e. The number of benzene rings is 2. The van der Waals surface area contributed by atoms with Gasteiger partial charge in [0.2, 0.25) is 5.91 Å². The average molecular weight is 591 g/mol. The number of fused-ring (bicyclic) bond motifs is 1. The van der Waals surface area contributed by atoms with Gasteiger partial charge >= 0.3 is 0 Å². The van der Waals surface area contributed by atoms with Gasteiger partial charge in [0.05, 0.1) is 30.0 Å². The molecule has 3 aliphatic rings. The number of hydrogen-bond donors (Lipinski definition) is 1. The van der Waals surface area contributed by atoms with E-state index in [0.717, 1.165) is 42.6 Å². The SMILES string of the molecule is CC1(C(=O)NCC2CN3CCC[C@@H]3CO2)C(c2ccc(Cl)o2)C(c2ccc(F)cc2F)=NN1c1ccc(F)cc1F. The lowest BCUT2D eigenvalue weighted by Gasteiger charge is -2.38. The molecule has 4 atom stereocenters. The van der Waals surface area contributed by atoms with Crippen LogP contribution in [0.4, 0.5) is 23.2 Å². The highest BCUT2D eigenvalue weighted by Gasteiger charge is 2.57. The molecule has 0 bridgehead atoms. The van der Waals surface area contributed by atoms with Crippen LogP contribution in [0, 0.1) is 23.3 Å². The smallest absolute Gasteiger partial charge is 0.249 e. The Morgan fingerprint density at radius 3 is 2.56 bits per heavy atom. The van der Waals surface area contributed by atoms with Crippen LogP contribution in [-0.2, 0) is 9.53 Å². The second kappa shape index (κ2) is 10.8. The molecule has 2 fully saturated rings. The van der Waals surface area contributed by atoms with Gasteiger partial charge in [-0.3, -0.25) is 9.69 Å². The Bertz CT molecular complexity index is 1520. The van der Waals surface area contributed by atoms with Gasteiger partial charge in [0.25, 0.3) is 0 Å². The Hall–Kier alpha value is -3.41. The number of carbonyl (C=O) groups excluding carboxylic acids is 1. The van der Waals surface area contributed by atoms with E-state index in [2.05, 4.69) is 15.3 Å². The Labute approximate surface area is 238 Å². The summed E-state index contributed by atoms with van der Waals surface area (Å²) < 4.78 is 69.8. The Morgan fingerprint density at radius 1 is 1.10 bits per heavy atom. The first-order valence-electron chi connectivity index (χ1n) is 13.3. The Morgan fingerprint density at radius 2 is 1.85 bits per heavy atom. The number of rotatable bonds is 6. The summed E-state index contributed by atoms with van der Waals surface area (Å²) in [5.41, 5.74) is -2.13. The maximum Gasteiger partial charge on any atom is 0.249 e. The molecule has 1 amide bonds. The van der Waals surface area contributed by atoms with E-state index < -0.39 is 40.6 Å². The molecule has 0 radical (unpaired) electrons. The van der Waals surface area contributed by atoms with Crippen molar-refractivity contribution in [2.45, 2.75) is 43.4 Å². The fraction of sp³-hybridized carbons (Fsp3) is 0.379. The molecule has 4 heterocycles. The number of anilines is 1. The van der Waals surface area contributed by atoms with Crippen LogP contribution in [0.1, 0.15) is 37.0 Å². The minimum absolute atomic E-state index is 0.00359. The lowest BCUT2D eigenvalue weighted by molar-refractivity contribution is -0.127. The number of ether oxygens (including phenoxy) is 1. The number of nitrogens with one attached hydrogen (secondary N) is 1. The summed E-state index contributed by atoms with van der Waals surface area (Å²) in [5.74, 6) is -5.13. The molecule has 216 valence electrons. The maximum absolute atomic E-state index is 15.2. The fourth-order valence-electron chi connectivity index (χ4n) is 6.04. The second-order valence-electron chi connectivity index (χ2n) is 10.7. The van der Waals surface area contributed by atoms with Gasteiger partial charge in [0.15, 0.2) is 16.6 Å². The first-order chi connectivity index (χ1) is 19.6. The second-order valence-corrected chi connectivity index (χ2v) is 11.1. The summed E-state index contributed by atoms with van der Waals surface area (Å²) in [4.78, 5) is 16.5. The zero-order valence-electron chi connectivity index (χ0n) is 22.0. The van der Waals surface area contributed by atoms with Crippen LogP contribution in [0.15, 0.2) is 58.0 Å². The fourth-order valence-corrected chi connectivity index (χ4v) is 6.19. The van der Waals surface area contributed by atoms with Crippen LogP contribution in [0.3, 0.4) is 0 Å². The van der Waals surface area contributed by atoms with Gasteiger partial charge in [0, 0.05) is 36.8 Å². The van der Waals surface area contributed by atoms with Gasteiger partial charge in [-0.1, -0.05) is 0 Å². The van der Waals surface area contributed by atoms with Gasteiger partial charge in [-0.2, -0.15) is 5.10 Å². The highest BCUT2D eigenvalue weighted by atomic mass is 35.5. The van der Waals surface area contributed by atoms with Crippen LogP contribution < -0.4 is 10.3 Å². The van der Waals surface area contributed by atoms with Crippen molar-refractivity contribution in [2.24, 2.45) is 5.10 Å². The monoisotopic (exact) mass is 590 g/mol. The minimum atomic E-state index is -1.76. The summed E-state index contributed by atoms with van der Waals surface area (Å²) >= 11 is 6.09. The van der Waals surface area contributed by atoms with Gasteiger partial charge in [-0.05, 0) is 74.3 Å². The molecular formula is C29H27ClF4N4O3. The van der Waals surface area contributed by atoms with E-state index >= 15 is 8.78 Å². The van der Waals surface area contributed by atoms with Crippen molar-refractivity contribution in [2.75, 3.05) is 31.3 Å². The van der Waals surface area contributed by atoms with Crippen molar-refractivity contribution < 1.29 is 31.5 Å². The van der Waals surface area contributed by atoms with Crippen LogP contribution in [0.2, 0.25) is 5.22 Å². The summed E-state index contributed by atoms with van der Waals surface area (Å²) in [6.45, 7) is 3.84. The summed E-state index contributed by atoms with van der Waals surface area (Å²) in [6.07, 6.45) is 1.89. The van der Waals surface area contributed by atoms with Crippen LogP contribution in [0.5, 0.6) is 0 Å². The molecule has 1 aromatic heterocycles. The number of amides is 1. The largest absolute Gasteiger partial charge is 0.449 e. The maximum atomic E-state index is 15.2. The highest BCUT2D eigenvalue weighted by Crippen LogP contribution is 2.46. The molecule has 0 aliphatic carbocycles. The van der Waals surface area contributed by atoms with Crippen LogP contribution >= 0.6 is 11.6 Å². The number of furan rings is 1. The van der Waals surface area contributed by atoms with Gasteiger partial charge < -0.3 is 14.5 Å². The number of carbonyl (C=O) groups is 1. The molecule has 1 N–H and O–H groups in total. The third-order valence-electron chi connectivity index (χ3n) is 8.12. The number of morpholine rings is 1. The number of hydrogen-bond acceptors (Lipinski definition) is 6. The van der Waals surface area contributed by atoms with E-state index in [1.807, 2.05) is 0 Å². The average Bonchev–Trinajstić information content (AvgIpc) is 3.65. The van der Waals surface area contributed by atoms with Crippen molar-refractivity contribution in [3.63, 3.8) is 0 Å². The quantitative estimate of drug-likeness (QED) is 0.398. The van der Waals surface area contributed by atoms with E-state index in [9.17, 15) is 13.6 Å².